The van der Waals surface area contributed by atoms with Crippen LogP contribution in [-0.2, 0) is 7.05 Å². The summed E-state index contributed by atoms with van der Waals surface area (Å²) in [4.78, 5) is 15.2. The lowest BCUT2D eigenvalue weighted by Crippen LogP contribution is -2.10. The molecular formula is C12H11N5O. The summed E-state index contributed by atoms with van der Waals surface area (Å²) in [7, 11) is 1.87. The monoisotopic (exact) mass is 241 g/mol. The Morgan fingerprint density at radius 2 is 2.06 bits per heavy atom. The molecule has 1 amide bonds. The second-order valence-electron chi connectivity index (χ2n) is 4.08. The minimum absolute atomic E-state index is 0.262. The highest BCUT2D eigenvalue weighted by Crippen LogP contribution is 2.19. The largest absolute Gasteiger partial charge is 0.364 e. The number of nitrogens with zero attached hydrogens (tertiary/aromatic N) is 4. The van der Waals surface area contributed by atoms with Gasteiger partial charge in [-0.15, -0.1) is 0 Å². The number of carbonyl (C=O) groups excluding carboxylic acids is 1. The van der Waals surface area contributed by atoms with Crippen molar-refractivity contribution in [3.8, 4) is 11.1 Å². The van der Waals surface area contributed by atoms with Gasteiger partial charge in [-0.1, -0.05) is 0 Å². The van der Waals surface area contributed by atoms with Gasteiger partial charge in [-0.05, 0) is 12.1 Å². The fourth-order valence-corrected chi connectivity index (χ4v) is 1.85. The molecule has 6 nitrogen and oxygen atoms in total. The zero-order valence-corrected chi connectivity index (χ0v) is 9.74. The van der Waals surface area contributed by atoms with Crippen LogP contribution in [0.25, 0.3) is 16.8 Å². The number of carbonyl (C=O) groups is 1. The van der Waals surface area contributed by atoms with Gasteiger partial charge in [0.15, 0.2) is 0 Å². The third-order valence-corrected chi connectivity index (χ3v) is 2.74. The lowest BCUT2D eigenvalue weighted by molar-refractivity contribution is 0.0996. The fraction of sp³-hybridized carbons (Fsp3) is 0.0833. The number of primary amides is 1. The molecule has 3 aromatic rings. The van der Waals surface area contributed by atoms with E-state index in [4.69, 9.17) is 5.73 Å². The highest BCUT2D eigenvalue weighted by molar-refractivity contribution is 5.91. The number of imidazole rings is 1. The molecule has 0 bridgehead atoms. The van der Waals surface area contributed by atoms with E-state index in [1.807, 2.05) is 31.6 Å². The quantitative estimate of drug-likeness (QED) is 0.722. The number of hydrogen-bond donors (Lipinski definition) is 1. The topological polar surface area (TPSA) is 78.2 Å². The van der Waals surface area contributed by atoms with Crippen LogP contribution in [0, 0.1) is 0 Å². The minimum Gasteiger partial charge on any atom is -0.364 e. The van der Waals surface area contributed by atoms with E-state index in [-0.39, 0.29) is 5.69 Å². The Hall–Kier alpha value is -2.63. The summed E-state index contributed by atoms with van der Waals surface area (Å²) in [6.45, 7) is 0. The van der Waals surface area contributed by atoms with Gasteiger partial charge in [0.2, 0.25) is 0 Å². The second kappa shape index (κ2) is 3.69. The lowest BCUT2D eigenvalue weighted by atomic mass is 10.2. The van der Waals surface area contributed by atoms with E-state index in [1.165, 1.54) is 0 Å². The predicted molar refractivity (Wildman–Crippen MR) is 65.9 cm³/mol. The van der Waals surface area contributed by atoms with Crippen LogP contribution in [0.1, 0.15) is 10.5 Å². The summed E-state index contributed by atoms with van der Waals surface area (Å²) in [6.07, 6.45) is 7.23. The molecule has 0 aromatic carbocycles. The molecular weight excluding hydrogens is 230 g/mol. The number of fused-ring (bicyclic) bond motifs is 1. The normalized spacial score (nSPS) is 10.9. The van der Waals surface area contributed by atoms with Crippen molar-refractivity contribution in [3.63, 3.8) is 0 Å². The van der Waals surface area contributed by atoms with E-state index in [9.17, 15) is 4.79 Å². The zero-order chi connectivity index (χ0) is 12.7. The summed E-state index contributed by atoms with van der Waals surface area (Å²) in [5.41, 5.74) is 8.17. The van der Waals surface area contributed by atoms with Crippen molar-refractivity contribution in [3.05, 3.63) is 42.6 Å². The Morgan fingerprint density at radius 3 is 2.72 bits per heavy atom. The summed E-state index contributed by atoms with van der Waals surface area (Å²) >= 11 is 0. The van der Waals surface area contributed by atoms with Gasteiger partial charge < -0.3 is 10.1 Å². The van der Waals surface area contributed by atoms with Crippen molar-refractivity contribution in [1.82, 2.24) is 19.2 Å². The van der Waals surface area contributed by atoms with Crippen molar-refractivity contribution in [2.24, 2.45) is 12.8 Å². The number of aryl methyl sites for hydroxylation is 1. The van der Waals surface area contributed by atoms with Crippen molar-refractivity contribution in [1.29, 1.82) is 0 Å². The van der Waals surface area contributed by atoms with Crippen LogP contribution in [0.5, 0.6) is 0 Å². The first-order valence-corrected chi connectivity index (χ1v) is 5.41. The third-order valence-electron chi connectivity index (χ3n) is 2.74. The zero-order valence-electron chi connectivity index (χ0n) is 9.74. The molecule has 0 aliphatic carbocycles. The fourth-order valence-electron chi connectivity index (χ4n) is 1.85. The van der Waals surface area contributed by atoms with Crippen LogP contribution in [0.15, 0.2) is 36.9 Å². The van der Waals surface area contributed by atoms with Gasteiger partial charge in [-0.2, -0.15) is 5.10 Å². The summed E-state index contributed by atoms with van der Waals surface area (Å²) in [6, 6.07) is 3.78. The van der Waals surface area contributed by atoms with Crippen LogP contribution >= 0.6 is 0 Å². The molecule has 3 heterocycles. The maximum absolute atomic E-state index is 11.1. The molecule has 18 heavy (non-hydrogen) atoms. The number of rotatable bonds is 2. The van der Waals surface area contributed by atoms with Gasteiger partial charge in [-0.3, -0.25) is 9.48 Å². The first-order valence-electron chi connectivity index (χ1n) is 5.41. The maximum atomic E-state index is 11.1. The molecule has 3 rings (SSSR count). The molecule has 6 heteroatoms. The smallest absolute Gasteiger partial charge is 0.268 e. The van der Waals surface area contributed by atoms with Gasteiger partial charge in [0.1, 0.15) is 11.3 Å². The van der Waals surface area contributed by atoms with E-state index in [2.05, 4.69) is 10.1 Å². The second-order valence-corrected chi connectivity index (χ2v) is 4.08. The number of nitrogens with two attached hydrogens (primary N) is 1. The summed E-state index contributed by atoms with van der Waals surface area (Å²) in [5, 5.41) is 4.12. The minimum atomic E-state index is -0.526. The van der Waals surface area contributed by atoms with Gasteiger partial charge in [0, 0.05) is 36.8 Å². The summed E-state index contributed by atoms with van der Waals surface area (Å²) < 4.78 is 3.52. The third kappa shape index (κ3) is 1.64. The van der Waals surface area contributed by atoms with Gasteiger partial charge in [0.25, 0.3) is 5.91 Å². The number of amides is 1. The highest BCUT2D eigenvalue weighted by atomic mass is 16.1. The van der Waals surface area contributed by atoms with Crippen LogP contribution in [-0.4, -0.2) is 25.1 Å². The average Bonchev–Trinajstić information content (AvgIpc) is 2.93. The molecule has 0 saturated carbocycles. The summed E-state index contributed by atoms with van der Waals surface area (Å²) in [5.74, 6) is -0.526. The molecule has 0 fully saturated rings. The molecule has 0 radical (unpaired) electrons. The SMILES string of the molecule is Cn1cc(-c2ccc3nc(C(N)=O)cn3c2)cn1. The average molecular weight is 241 g/mol. The maximum Gasteiger partial charge on any atom is 0.268 e. The molecule has 2 N–H and O–H groups in total. The molecule has 0 atom stereocenters. The van der Waals surface area contributed by atoms with Gasteiger partial charge >= 0.3 is 0 Å². The number of pyridine rings is 1. The number of hydrogen-bond acceptors (Lipinski definition) is 3. The predicted octanol–water partition coefficient (Wildman–Crippen LogP) is 0.834. The van der Waals surface area contributed by atoms with Gasteiger partial charge in [-0.25, -0.2) is 4.98 Å². The first kappa shape index (κ1) is 10.5. The van der Waals surface area contributed by atoms with Crippen molar-refractivity contribution >= 4 is 11.6 Å². The lowest BCUT2D eigenvalue weighted by Gasteiger charge is -1.98. The van der Waals surface area contributed by atoms with Crippen molar-refractivity contribution < 1.29 is 4.79 Å². The van der Waals surface area contributed by atoms with E-state index in [0.29, 0.717) is 5.65 Å². The van der Waals surface area contributed by atoms with Gasteiger partial charge in [0.05, 0.1) is 6.20 Å². The van der Waals surface area contributed by atoms with Crippen LogP contribution in [0.4, 0.5) is 0 Å². The Morgan fingerprint density at radius 1 is 1.22 bits per heavy atom. The van der Waals surface area contributed by atoms with E-state index in [1.54, 1.807) is 21.5 Å². The molecule has 0 saturated heterocycles. The first-order chi connectivity index (χ1) is 8.63. The Bertz CT molecular complexity index is 740. The van der Waals surface area contributed by atoms with E-state index < -0.39 is 5.91 Å². The van der Waals surface area contributed by atoms with E-state index in [0.717, 1.165) is 11.1 Å². The van der Waals surface area contributed by atoms with Crippen LogP contribution in [0.2, 0.25) is 0 Å². The molecule has 0 spiro atoms. The Labute approximate surface area is 103 Å². The molecule has 0 unspecified atom stereocenters. The Kier molecular flexibility index (Phi) is 2.16. The molecule has 0 aliphatic rings. The molecule has 90 valence electrons. The molecule has 0 aliphatic heterocycles. The highest BCUT2D eigenvalue weighted by Gasteiger charge is 2.08. The van der Waals surface area contributed by atoms with E-state index >= 15 is 0 Å². The van der Waals surface area contributed by atoms with Crippen LogP contribution in [0.3, 0.4) is 0 Å². The van der Waals surface area contributed by atoms with Crippen molar-refractivity contribution in [2.75, 3.05) is 0 Å². The van der Waals surface area contributed by atoms with Crippen molar-refractivity contribution in [2.45, 2.75) is 0 Å². The number of aromatic nitrogens is 4. The standard InChI is InChI=1S/C12H11N5O/c1-16-5-9(4-14-16)8-2-3-11-15-10(12(13)18)7-17(11)6-8/h2-7H,1H3,(H2,13,18). The Balaban J connectivity index is 2.13. The van der Waals surface area contributed by atoms with Crippen LogP contribution < -0.4 is 5.73 Å². The molecule has 3 aromatic heterocycles.